The lowest BCUT2D eigenvalue weighted by molar-refractivity contribution is -0.128. The molecule has 3 N–H and O–H groups in total. The van der Waals surface area contributed by atoms with E-state index in [1.807, 2.05) is 0 Å². The topological polar surface area (TPSA) is 58.4 Å². The highest BCUT2D eigenvalue weighted by atomic mass is 16.1. The molecule has 2 aliphatic carbocycles. The Morgan fingerprint density at radius 1 is 1.20 bits per heavy atom. The normalized spacial score (nSPS) is 29.6. The number of rotatable bonds is 5. The number of amides is 1. The van der Waals surface area contributed by atoms with Crippen LogP contribution in [0.4, 0.5) is 0 Å². The molecule has 0 aromatic rings. The summed E-state index contributed by atoms with van der Waals surface area (Å²) in [6, 6.07) is 0. The van der Waals surface area contributed by atoms with Gasteiger partial charge >= 0.3 is 0 Å². The van der Waals surface area contributed by atoms with Gasteiger partial charge in [-0.25, -0.2) is 0 Å². The molecule has 2 aliphatic rings. The maximum absolute atomic E-state index is 12.5. The number of nitrogens with zero attached hydrogens (tertiary/aromatic N) is 1. The molecule has 116 valence electrons. The van der Waals surface area contributed by atoms with Crippen molar-refractivity contribution in [1.29, 1.82) is 0 Å². The van der Waals surface area contributed by atoms with Crippen LogP contribution >= 0.6 is 0 Å². The van der Waals surface area contributed by atoms with Crippen molar-refractivity contribution >= 4 is 5.91 Å². The Morgan fingerprint density at radius 2 is 1.85 bits per heavy atom. The van der Waals surface area contributed by atoms with Crippen molar-refractivity contribution in [3.05, 3.63) is 0 Å². The number of carbonyl (C=O) groups excluding carboxylic acids is 1. The number of nitrogens with two attached hydrogens (primary N) is 1. The summed E-state index contributed by atoms with van der Waals surface area (Å²) in [5, 5.41) is 3.24. The van der Waals surface area contributed by atoms with Crippen molar-refractivity contribution in [3.8, 4) is 0 Å². The number of likely N-dealkylation sites (N-methyl/N-ethyl adjacent to an activating group) is 1. The van der Waals surface area contributed by atoms with E-state index < -0.39 is 0 Å². The molecule has 0 radical (unpaired) electrons. The molecule has 2 atom stereocenters. The third-order valence-electron chi connectivity index (χ3n) is 5.62. The molecule has 0 aliphatic heterocycles. The Hall–Kier alpha value is -0.610. The summed E-state index contributed by atoms with van der Waals surface area (Å²) in [6.07, 6.45) is 9.50. The molecule has 2 fully saturated rings. The number of nitrogens with one attached hydrogen (secondary N) is 1. The van der Waals surface area contributed by atoms with Crippen molar-refractivity contribution in [2.75, 3.05) is 27.2 Å². The van der Waals surface area contributed by atoms with Gasteiger partial charge in [-0.1, -0.05) is 25.7 Å². The number of carbonyl (C=O) groups is 1. The van der Waals surface area contributed by atoms with E-state index in [2.05, 4.69) is 24.3 Å². The summed E-state index contributed by atoms with van der Waals surface area (Å²) in [7, 11) is 4.28. The lowest BCUT2D eigenvalue weighted by Crippen LogP contribution is -2.52. The van der Waals surface area contributed by atoms with Crippen LogP contribution in [0.2, 0.25) is 0 Å². The summed E-state index contributed by atoms with van der Waals surface area (Å²) in [6.45, 7) is 1.45. The first-order chi connectivity index (χ1) is 9.59. The second-order valence-electron chi connectivity index (χ2n) is 6.93. The molecule has 2 unspecified atom stereocenters. The third kappa shape index (κ3) is 3.34. The minimum atomic E-state index is 0.148. The highest BCUT2D eigenvalue weighted by Crippen LogP contribution is 2.34. The van der Waals surface area contributed by atoms with Gasteiger partial charge in [-0.05, 0) is 52.2 Å². The van der Waals surface area contributed by atoms with Gasteiger partial charge in [-0.3, -0.25) is 4.79 Å². The lowest BCUT2D eigenvalue weighted by atomic mass is 9.78. The first-order valence-corrected chi connectivity index (χ1v) is 8.24. The largest absolute Gasteiger partial charge is 0.354 e. The van der Waals surface area contributed by atoms with Crippen molar-refractivity contribution in [2.24, 2.45) is 17.6 Å². The van der Waals surface area contributed by atoms with Crippen LogP contribution in [-0.2, 0) is 4.79 Å². The molecular formula is C16H31N3O. The van der Waals surface area contributed by atoms with Gasteiger partial charge in [0.1, 0.15) is 0 Å². The first kappa shape index (κ1) is 15.8. The second kappa shape index (κ2) is 6.90. The summed E-state index contributed by atoms with van der Waals surface area (Å²) < 4.78 is 0. The molecule has 0 aromatic carbocycles. The zero-order chi connectivity index (χ0) is 14.6. The molecule has 2 saturated carbocycles. The third-order valence-corrected chi connectivity index (χ3v) is 5.62. The van der Waals surface area contributed by atoms with Crippen molar-refractivity contribution in [1.82, 2.24) is 10.2 Å². The van der Waals surface area contributed by atoms with E-state index in [9.17, 15) is 4.79 Å². The maximum Gasteiger partial charge on any atom is 0.223 e. The molecule has 0 heterocycles. The van der Waals surface area contributed by atoms with Crippen molar-refractivity contribution < 1.29 is 4.79 Å². The van der Waals surface area contributed by atoms with Gasteiger partial charge < -0.3 is 16.0 Å². The van der Waals surface area contributed by atoms with Gasteiger partial charge in [0.25, 0.3) is 0 Å². The van der Waals surface area contributed by atoms with E-state index in [1.165, 1.54) is 38.5 Å². The van der Waals surface area contributed by atoms with E-state index in [-0.39, 0.29) is 17.4 Å². The SMILES string of the molecule is CN(C)C1(CNC(=O)C2CCCCC2CN)CCCC1. The summed E-state index contributed by atoms with van der Waals surface area (Å²) >= 11 is 0. The molecular weight excluding hydrogens is 250 g/mol. The van der Waals surface area contributed by atoms with Gasteiger partial charge in [0, 0.05) is 18.0 Å². The van der Waals surface area contributed by atoms with Crippen LogP contribution in [0.25, 0.3) is 0 Å². The van der Waals surface area contributed by atoms with Crippen LogP contribution < -0.4 is 11.1 Å². The van der Waals surface area contributed by atoms with Crippen LogP contribution in [0, 0.1) is 11.8 Å². The standard InChI is InChI=1S/C16H31N3O/c1-19(2)16(9-5-6-10-16)12-18-15(20)14-8-4-3-7-13(14)11-17/h13-14H,3-12,17H2,1-2H3,(H,18,20). The summed E-state index contributed by atoms with van der Waals surface area (Å²) in [4.78, 5) is 14.8. The Labute approximate surface area is 123 Å². The van der Waals surface area contributed by atoms with Crippen LogP contribution in [-0.4, -0.2) is 43.5 Å². The minimum Gasteiger partial charge on any atom is -0.354 e. The average Bonchev–Trinajstić information content (AvgIpc) is 2.95. The van der Waals surface area contributed by atoms with E-state index >= 15 is 0 Å². The number of hydrogen-bond acceptors (Lipinski definition) is 3. The molecule has 4 nitrogen and oxygen atoms in total. The van der Waals surface area contributed by atoms with Gasteiger partial charge in [-0.15, -0.1) is 0 Å². The van der Waals surface area contributed by atoms with Crippen molar-refractivity contribution in [3.63, 3.8) is 0 Å². The Morgan fingerprint density at radius 3 is 2.45 bits per heavy atom. The summed E-state index contributed by atoms with van der Waals surface area (Å²) in [5.74, 6) is 0.783. The van der Waals surface area contributed by atoms with Gasteiger partial charge in [-0.2, -0.15) is 0 Å². The Kier molecular flexibility index (Phi) is 5.44. The fraction of sp³-hybridized carbons (Fsp3) is 0.938. The van der Waals surface area contributed by atoms with Crippen LogP contribution in [0.15, 0.2) is 0 Å². The molecule has 1 amide bonds. The molecule has 20 heavy (non-hydrogen) atoms. The van der Waals surface area contributed by atoms with Crippen LogP contribution in [0.5, 0.6) is 0 Å². The van der Waals surface area contributed by atoms with Crippen LogP contribution in [0.1, 0.15) is 51.4 Å². The minimum absolute atomic E-state index is 0.148. The molecule has 2 rings (SSSR count). The van der Waals surface area contributed by atoms with Gasteiger partial charge in [0.15, 0.2) is 0 Å². The highest BCUT2D eigenvalue weighted by Gasteiger charge is 2.37. The molecule has 0 spiro atoms. The lowest BCUT2D eigenvalue weighted by Gasteiger charge is -2.37. The molecule has 0 bridgehead atoms. The average molecular weight is 281 g/mol. The first-order valence-electron chi connectivity index (χ1n) is 8.24. The van der Waals surface area contributed by atoms with Gasteiger partial charge in [0.05, 0.1) is 0 Å². The van der Waals surface area contributed by atoms with E-state index in [0.29, 0.717) is 12.5 Å². The predicted octanol–water partition coefficient (Wildman–Crippen LogP) is 1.74. The number of hydrogen-bond donors (Lipinski definition) is 2. The predicted molar refractivity (Wildman–Crippen MR) is 82.4 cm³/mol. The zero-order valence-electron chi connectivity index (χ0n) is 13.2. The Bertz CT molecular complexity index is 324. The van der Waals surface area contributed by atoms with Crippen molar-refractivity contribution in [2.45, 2.75) is 56.9 Å². The Balaban J connectivity index is 1.90. The monoisotopic (exact) mass is 281 g/mol. The fourth-order valence-corrected chi connectivity index (χ4v) is 4.03. The molecule has 0 saturated heterocycles. The quantitative estimate of drug-likeness (QED) is 0.807. The van der Waals surface area contributed by atoms with E-state index in [4.69, 9.17) is 5.73 Å². The fourth-order valence-electron chi connectivity index (χ4n) is 4.03. The molecule has 0 aromatic heterocycles. The van der Waals surface area contributed by atoms with Crippen LogP contribution in [0.3, 0.4) is 0 Å². The molecule has 4 heteroatoms. The van der Waals surface area contributed by atoms with Gasteiger partial charge in [0.2, 0.25) is 5.91 Å². The smallest absolute Gasteiger partial charge is 0.223 e. The maximum atomic E-state index is 12.5. The van der Waals surface area contributed by atoms with E-state index in [1.54, 1.807) is 0 Å². The second-order valence-corrected chi connectivity index (χ2v) is 6.93. The highest BCUT2D eigenvalue weighted by molar-refractivity contribution is 5.79. The summed E-state index contributed by atoms with van der Waals surface area (Å²) in [5.41, 5.74) is 6.02. The zero-order valence-corrected chi connectivity index (χ0v) is 13.2. The van der Waals surface area contributed by atoms with E-state index in [0.717, 1.165) is 19.4 Å².